The van der Waals surface area contributed by atoms with Gasteiger partial charge in [-0.3, -0.25) is 14.4 Å². The number of hydrogen-bond donors (Lipinski definition) is 4. The molecule has 1 aromatic rings. The summed E-state index contributed by atoms with van der Waals surface area (Å²) < 4.78 is 10.2. The Morgan fingerprint density at radius 2 is 1.81 bits per heavy atom. The van der Waals surface area contributed by atoms with E-state index >= 15 is 0 Å². The van der Waals surface area contributed by atoms with Crippen LogP contribution in [0.3, 0.4) is 0 Å². The Hall–Kier alpha value is -3.34. The van der Waals surface area contributed by atoms with Crippen molar-refractivity contribution in [3.05, 3.63) is 29.8 Å². The molecule has 0 heterocycles. The van der Waals surface area contributed by atoms with Gasteiger partial charge < -0.3 is 35.2 Å². The third-order valence-electron chi connectivity index (χ3n) is 4.91. The number of aromatic hydroxyl groups is 1. The lowest BCUT2D eigenvalue weighted by Crippen LogP contribution is -2.55. The highest BCUT2D eigenvalue weighted by Crippen LogP contribution is 2.26. The van der Waals surface area contributed by atoms with Gasteiger partial charge in [0, 0.05) is 13.1 Å². The number of esters is 1. The lowest BCUT2D eigenvalue weighted by Gasteiger charge is -2.35. The van der Waals surface area contributed by atoms with E-state index in [2.05, 4.69) is 10.6 Å². The second kappa shape index (κ2) is 14.3. The van der Waals surface area contributed by atoms with Crippen LogP contribution in [0.4, 0.5) is 4.79 Å². The molecule has 202 valence electrons. The minimum Gasteiger partial charge on any atom is -0.508 e. The smallest absolute Gasteiger partial charge is 0.408 e. The van der Waals surface area contributed by atoms with Crippen molar-refractivity contribution in [2.24, 2.45) is 5.92 Å². The molecule has 2 unspecified atom stereocenters. The summed E-state index contributed by atoms with van der Waals surface area (Å²) >= 11 is 0. The molecule has 1 rings (SSSR count). The molecule has 0 saturated heterocycles. The molecular weight excluding hydrogens is 470 g/mol. The topological polar surface area (TPSA) is 154 Å². The largest absolute Gasteiger partial charge is 0.508 e. The molecule has 1 aromatic carbocycles. The molecule has 0 saturated carbocycles. The molecule has 36 heavy (non-hydrogen) atoms. The molecule has 11 heteroatoms. The number of carbonyl (C=O) groups is 4. The molecule has 0 radical (unpaired) electrons. The summed E-state index contributed by atoms with van der Waals surface area (Å²) in [6.07, 6.45) is -0.874. The number of amides is 3. The lowest BCUT2D eigenvalue weighted by atomic mass is 9.98. The minimum absolute atomic E-state index is 0.0437. The van der Waals surface area contributed by atoms with Crippen LogP contribution in [0.1, 0.15) is 59.6 Å². The van der Waals surface area contributed by atoms with Gasteiger partial charge in [0.15, 0.2) is 0 Å². The molecule has 0 aromatic heterocycles. The number of aliphatic hydroxyl groups is 1. The van der Waals surface area contributed by atoms with E-state index < -0.39 is 48.2 Å². The Kier molecular flexibility index (Phi) is 12.2. The molecule has 0 aliphatic heterocycles. The number of phenolic OH excluding ortho intramolecular Hbond substituents is 1. The summed E-state index contributed by atoms with van der Waals surface area (Å²) in [6.45, 7) is 9.65. The predicted octanol–water partition coefficient (Wildman–Crippen LogP) is 1.87. The Labute approximate surface area is 212 Å². The Morgan fingerprint density at radius 3 is 2.33 bits per heavy atom. The van der Waals surface area contributed by atoms with E-state index in [1.165, 1.54) is 18.2 Å². The van der Waals surface area contributed by atoms with Crippen molar-refractivity contribution in [3.8, 4) is 5.75 Å². The van der Waals surface area contributed by atoms with E-state index in [4.69, 9.17) is 9.47 Å². The van der Waals surface area contributed by atoms with Crippen LogP contribution in [0.5, 0.6) is 5.75 Å². The van der Waals surface area contributed by atoms with Crippen LogP contribution in [0.2, 0.25) is 0 Å². The Morgan fingerprint density at radius 1 is 1.14 bits per heavy atom. The van der Waals surface area contributed by atoms with Crippen LogP contribution in [0.15, 0.2) is 24.3 Å². The number of carbonyl (C=O) groups excluding carboxylic acids is 4. The van der Waals surface area contributed by atoms with Crippen LogP contribution in [-0.4, -0.2) is 76.9 Å². The van der Waals surface area contributed by atoms with Gasteiger partial charge in [-0.25, -0.2) is 4.79 Å². The molecular formula is C25H39N3O8. The molecule has 0 spiro atoms. The lowest BCUT2D eigenvalue weighted by molar-refractivity contribution is -0.145. The van der Waals surface area contributed by atoms with Gasteiger partial charge in [0.25, 0.3) is 0 Å². The van der Waals surface area contributed by atoms with Gasteiger partial charge in [0.05, 0.1) is 19.6 Å². The van der Waals surface area contributed by atoms with Crippen LogP contribution < -0.4 is 10.6 Å². The summed E-state index contributed by atoms with van der Waals surface area (Å²) in [5.41, 5.74) is -0.507. The van der Waals surface area contributed by atoms with E-state index in [1.807, 2.05) is 0 Å². The van der Waals surface area contributed by atoms with Crippen molar-refractivity contribution in [3.63, 3.8) is 0 Å². The van der Waals surface area contributed by atoms with Crippen molar-refractivity contribution in [1.29, 1.82) is 0 Å². The highest BCUT2D eigenvalue weighted by atomic mass is 16.6. The van der Waals surface area contributed by atoms with Crippen molar-refractivity contribution >= 4 is 23.9 Å². The number of phenols is 1. The van der Waals surface area contributed by atoms with Gasteiger partial charge in [0.1, 0.15) is 23.4 Å². The second-order valence-corrected chi connectivity index (χ2v) is 9.47. The van der Waals surface area contributed by atoms with E-state index in [9.17, 15) is 29.4 Å². The van der Waals surface area contributed by atoms with Crippen LogP contribution in [0, 0.1) is 5.92 Å². The second-order valence-electron chi connectivity index (χ2n) is 9.47. The number of rotatable bonds is 12. The molecule has 0 aliphatic carbocycles. The fourth-order valence-electron chi connectivity index (χ4n) is 3.39. The number of nitrogens with one attached hydrogen (secondary N) is 2. The molecule has 2 atom stereocenters. The monoisotopic (exact) mass is 509 g/mol. The summed E-state index contributed by atoms with van der Waals surface area (Å²) in [5, 5.41) is 24.9. The number of nitrogens with zero attached hydrogens (tertiary/aromatic N) is 1. The van der Waals surface area contributed by atoms with Crippen LogP contribution >= 0.6 is 0 Å². The predicted molar refractivity (Wildman–Crippen MR) is 132 cm³/mol. The van der Waals surface area contributed by atoms with Crippen molar-refractivity contribution in [1.82, 2.24) is 15.5 Å². The third kappa shape index (κ3) is 10.1. The molecule has 3 amide bonds. The zero-order chi connectivity index (χ0) is 27.5. The molecule has 0 bridgehead atoms. The first kappa shape index (κ1) is 30.7. The summed E-state index contributed by atoms with van der Waals surface area (Å²) in [6, 6.07) is 3.49. The third-order valence-corrected chi connectivity index (χ3v) is 4.91. The number of alkyl carbamates (subject to hydrolysis) is 1. The van der Waals surface area contributed by atoms with Gasteiger partial charge in [-0.2, -0.15) is 0 Å². The van der Waals surface area contributed by atoms with E-state index in [0.717, 1.165) is 4.90 Å². The molecule has 0 fully saturated rings. The number of hydrogen-bond acceptors (Lipinski definition) is 8. The van der Waals surface area contributed by atoms with E-state index in [1.54, 1.807) is 47.6 Å². The zero-order valence-electron chi connectivity index (χ0n) is 21.9. The maximum Gasteiger partial charge on any atom is 0.408 e. The fourth-order valence-corrected chi connectivity index (χ4v) is 3.39. The normalized spacial score (nSPS) is 12.9. The number of ether oxygens (including phenoxy) is 2. The number of benzene rings is 1. The van der Waals surface area contributed by atoms with Gasteiger partial charge in [-0.05, 0) is 51.3 Å². The first-order valence-electron chi connectivity index (χ1n) is 11.9. The Bertz CT molecular complexity index is 898. The summed E-state index contributed by atoms with van der Waals surface area (Å²) in [7, 11) is 0. The SMILES string of the molecule is CCOC(=O)CCNC(=O)C(c1cccc(O)c1)N(CCO)C(=O)C(NC(=O)OC(C)(C)C)C(C)C. The molecule has 11 nitrogen and oxygen atoms in total. The average Bonchev–Trinajstić information content (AvgIpc) is 2.75. The maximum absolute atomic E-state index is 13.7. The number of aliphatic hydroxyl groups excluding tert-OH is 1. The van der Waals surface area contributed by atoms with Crippen molar-refractivity contribution in [2.75, 3.05) is 26.3 Å². The van der Waals surface area contributed by atoms with Gasteiger partial charge in [-0.1, -0.05) is 26.0 Å². The first-order valence-corrected chi connectivity index (χ1v) is 11.9. The maximum atomic E-state index is 13.7. The fraction of sp³-hybridized carbons (Fsp3) is 0.600. The van der Waals surface area contributed by atoms with E-state index in [-0.39, 0.29) is 43.3 Å². The van der Waals surface area contributed by atoms with Crippen LogP contribution in [0.25, 0.3) is 0 Å². The standard InChI is InChI=1S/C25H39N3O8/c1-7-35-19(31)11-12-26-22(32)21(17-9-8-10-18(30)15-17)28(13-14-29)23(33)20(16(2)3)27-24(34)36-25(4,5)6/h8-10,15-16,20-21,29-30H,7,11-14H2,1-6H3,(H,26,32)(H,27,34). The van der Waals surface area contributed by atoms with Crippen molar-refractivity contribution in [2.45, 2.75) is 65.6 Å². The molecule has 0 aliphatic rings. The minimum atomic E-state index is -1.26. The zero-order valence-corrected chi connectivity index (χ0v) is 21.9. The average molecular weight is 510 g/mol. The van der Waals surface area contributed by atoms with Crippen molar-refractivity contribution < 1.29 is 38.9 Å². The van der Waals surface area contributed by atoms with Gasteiger partial charge in [-0.15, -0.1) is 0 Å². The molecule has 4 N–H and O–H groups in total. The quantitative estimate of drug-likeness (QED) is 0.311. The Balaban J connectivity index is 3.31. The summed E-state index contributed by atoms with van der Waals surface area (Å²) in [4.78, 5) is 52.2. The summed E-state index contributed by atoms with van der Waals surface area (Å²) in [5.74, 6) is -2.26. The van der Waals surface area contributed by atoms with Gasteiger partial charge >= 0.3 is 12.1 Å². The van der Waals surface area contributed by atoms with E-state index in [0.29, 0.717) is 0 Å². The van der Waals surface area contributed by atoms with Gasteiger partial charge in [0.2, 0.25) is 11.8 Å². The van der Waals surface area contributed by atoms with Crippen LogP contribution in [-0.2, 0) is 23.9 Å². The highest BCUT2D eigenvalue weighted by molar-refractivity contribution is 5.92. The first-order chi connectivity index (χ1) is 16.8. The highest BCUT2D eigenvalue weighted by Gasteiger charge is 2.37.